The van der Waals surface area contributed by atoms with E-state index < -0.39 is 48.0 Å². The standard InChI is InChI=1S/C34H48N2O8/c1-23(2)20-28(32(38)42-26-17-15-25(16-18-26)22-40-6)35-31(37)30(43-29-14-10-11-19-41-29)27(21-24-12-8-7-9-13-24)36-33(39)44-34(3,4)5/h7-9,12-13,15-18,23,27-30H,10-11,14,19-22H2,1-6H3,(H,35,37)(H,36,39). The number of hydrogen-bond donors (Lipinski definition) is 2. The lowest BCUT2D eigenvalue weighted by atomic mass is 9.99. The molecule has 0 aliphatic carbocycles. The second kappa shape index (κ2) is 17.1. The summed E-state index contributed by atoms with van der Waals surface area (Å²) in [6.45, 7) is 10.2. The Morgan fingerprint density at radius 2 is 1.66 bits per heavy atom. The number of alkyl carbamates (subject to hydrolysis) is 1. The summed E-state index contributed by atoms with van der Waals surface area (Å²) in [5, 5.41) is 5.73. The molecule has 0 bridgehead atoms. The average Bonchev–Trinajstić information content (AvgIpc) is 2.96. The summed E-state index contributed by atoms with van der Waals surface area (Å²) >= 11 is 0. The van der Waals surface area contributed by atoms with Crippen LogP contribution in [0.4, 0.5) is 4.79 Å². The van der Waals surface area contributed by atoms with Crippen LogP contribution in [0.5, 0.6) is 5.75 Å². The summed E-state index contributed by atoms with van der Waals surface area (Å²) in [5.41, 5.74) is 1.07. The first-order valence-electron chi connectivity index (χ1n) is 15.3. The van der Waals surface area contributed by atoms with Crippen molar-refractivity contribution in [1.29, 1.82) is 0 Å². The Morgan fingerprint density at radius 3 is 2.25 bits per heavy atom. The van der Waals surface area contributed by atoms with E-state index in [1.807, 2.05) is 56.3 Å². The van der Waals surface area contributed by atoms with Gasteiger partial charge < -0.3 is 34.3 Å². The first kappa shape index (κ1) is 35.0. The van der Waals surface area contributed by atoms with Crippen molar-refractivity contribution in [3.8, 4) is 5.75 Å². The van der Waals surface area contributed by atoms with Crippen molar-refractivity contribution in [2.75, 3.05) is 13.7 Å². The fraction of sp³-hybridized carbons (Fsp3) is 0.559. The Balaban J connectivity index is 1.87. The molecule has 0 spiro atoms. The molecular formula is C34H48N2O8. The van der Waals surface area contributed by atoms with E-state index in [0.717, 1.165) is 24.0 Å². The smallest absolute Gasteiger partial charge is 0.407 e. The summed E-state index contributed by atoms with van der Waals surface area (Å²) in [5.74, 6) is -0.735. The van der Waals surface area contributed by atoms with Gasteiger partial charge in [-0.1, -0.05) is 56.3 Å². The first-order valence-corrected chi connectivity index (χ1v) is 15.3. The minimum Gasteiger partial charge on any atom is -0.444 e. The second-order valence-corrected chi connectivity index (χ2v) is 12.5. The van der Waals surface area contributed by atoms with E-state index in [2.05, 4.69) is 10.6 Å². The number of methoxy groups -OCH3 is 1. The quantitative estimate of drug-likeness (QED) is 0.217. The van der Waals surface area contributed by atoms with Crippen molar-refractivity contribution in [3.63, 3.8) is 0 Å². The third-order valence-corrected chi connectivity index (χ3v) is 6.82. The Hall–Kier alpha value is -3.47. The number of carbonyl (C=O) groups excluding carboxylic acids is 3. The molecule has 242 valence electrons. The van der Waals surface area contributed by atoms with Crippen LogP contribution in [-0.4, -0.2) is 61.8 Å². The summed E-state index contributed by atoms with van der Waals surface area (Å²) in [7, 11) is 1.61. The Bertz CT molecular complexity index is 1170. The molecule has 0 saturated carbocycles. The highest BCUT2D eigenvalue weighted by molar-refractivity contribution is 5.88. The number of ether oxygens (including phenoxy) is 5. The van der Waals surface area contributed by atoms with Gasteiger partial charge in [0.1, 0.15) is 17.4 Å². The number of hydrogen-bond acceptors (Lipinski definition) is 8. The second-order valence-electron chi connectivity index (χ2n) is 12.5. The van der Waals surface area contributed by atoms with Crippen LogP contribution in [-0.2, 0) is 41.6 Å². The van der Waals surface area contributed by atoms with Crippen molar-refractivity contribution >= 4 is 18.0 Å². The molecule has 1 heterocycles. The normalized spacial score (nSPS) is 17.3. The lowest BCUT2D eigenvalue weighted by Crippen LogP contribution is -2.57. The van der Waals surface area contributed by atoms with Crippen molar-refractivity contribution in [2.45, 2.75) is 103 Å². The molecule has 2 aromatic rings. The highest BCUT2D eigenvalue weighted by atomic mass is 16.7. The van der Waals surface area contributed by atoms with Gasteiger partial charge in [-0.25, -0.2) is 9.59 Å². The fourth-order valence-electron chi connectivity index (χ4n) is 4.83. The number of rotatable bonds is 14. The average molecular weight is 613 g/mol. The lowest BCUT2D eigenvalue weighted by molar-refractivity contribution is -0.197. The van der Waals surface area contributed by atoms with E-state index in [-0.39, 0.29) is 12.3 Å². The van der Waals surface area contributed by atoms with Gasteiger partial charge in [0.15, 0.2) is 12.4 Å². The number of carbonyl (C=O) groups is 3. The van der Waals surface area contributed by atoms with Crippen LogP contribution in [0.1, 0.15) is 71.4 Å². The van der Waals surface area contributed by atoms with Gasteiger partial charge in [0.25, 0.3) is 5.91 Å². The molecule has 44 heavy (non-hydrogen) atoms. The predicted octanol–water partition coefficient (Wildman–Crippen LogP) is 5.32. The Labute approximate surface area is 261 Å². The molecule has 1 saturated heterocycles. The molecule has 0 aromatic heterocycles. The molecule has 10 nitrogen and oxygen atoms in total. The molecule has 3 rings (SSSR count). The molecule has 2 N–H and O–H groups in total. The van der Waals surface area contributed by atoms with Crippen molar-refractivity contribution in [3.05, 3.63) is 65.7 Å². The zero-order valence-electron chi connectivity index (χ0n) is 26.8. The minimum absolute atomic E-state index is 0.0676. The van der Waals surface area contributed by atoms with Crippen LogP contribution < -0.4 is 15.4 Å². The summed E-state index contributed by atoms with van der Waals surface area (Å²) in [4.78, 5) is 40.4. The van der Waals surface area contributed by atoms with Crippen molar-refractivity contribution in [2.24, 2.45) is 5.92 Å². The van der Waals surface area contributed by atoms with Crippen LogP contribution in [0.3, 0.4) is 0 Å². The lowest BCUT2D eigenvalue weighted by Gasteiger charge is -2.33. The largest absolute Gasteiger partial charge is 0.444 e. The van der Waals surface area contributed by atoms with Crippen LogP contribution in [0.15, 0.2) is 54.6 Å². The maximum absolute atomic E-state index is 14.1. The van der Waals surface area contributed by atoms with E-state index in [1.165, 1.54) is 0 Å². The maximum Gasteiger partial charge on any atom is 0.407 e. The van der Waals surface area contributed by atoms with Gasteiger partial charge >= 0.3 is 12.1 Å². The predicted molar refractivity (Wildman–Crippen MR) is 166 cm³/mol. The monoisotopic (exact) mass is 612 g/mol. The molecule has 2 aromatic carbocycles. The molecule has 4 unspecified atom stereocenters. The van der Waals surface area contributed by atoms with E-state index in [0.29, 0.717) is 31.8 Å². The van der Waals surface area contributed by atoms with Gasteiger partial charge in [-0.2, -0.15) is 0 Å². The fourth-order valence-corrected chi connectivity index (χ4v) is 4.83. The number of benzene rings is 2. The van der Waals surface area contributed by atoms with Crippen LogP contribution >= 0.6 is 0 Å². The van der Waals surface area contributed by atoms with E-state index in [1.54, 1.807) is 40.0 Å². The minimum atomic E-state index is -1.19. The van der Waals surface area contributed by atoms with Crippen LogP contribution in [0, 0.1) is 5.92 Å². The molecule has 0 radical (unpaired) electrons. The maximum atomic E-state index is 14.1. The third kappa shape index (κ3) is 12.3. The Morgan fingerprint density at radius 1 is 0.955 bits per heavy atom. The SMILES string of the molecule is COCc1ccc(OC(=O)C(CC(C)C)NC(=O)C(OC2CCCCO2)C(Cc2ccccc2)NC(=O)OC(C)(C)C)cc1. The highest BCUT2D eigenvalue weighted by Crippen LogP contribution is 2.21. The molecule has 4 atom stereocenters. The third-order valence-electron chi connectivity index (χ3n) is 6.82. The number of amides is 2. The molecule has 2 amide bonds. The molecule has 1 aliphatic rings. The molecule has 10 heteroatoms. The van der Waals surface area contributed by atoms with Gasteiger partial charge in [-0.3, -0.25) is 4.79 Å². The van der Waals surface area contributed by atoms with Crippen molar-refractivity contribution in [1.82, 2.24) is 10.6 Å². The first-order chi connectivity index (χ1) is 20.9. The van der Waals surface area contributed by atoms with Gasteiger partial charge in [0, 0.05) is 13.7 Å². The van der Waals surface area contributed by atoms with E-state index in [4.69, 9.17) is 23.7 Å². The molecule has 1 fully saturated rings. The number of nitrogens with one attached hydrogen (secondary N) is 2. The zero-order valence-corrected chi connectivity index (χ0v) is 26.8. The van der Waals surface area contributed by atoms with Gasteiger partial charge in [0.05, 0.1) is 12.6 Å². The van der Waals surface area contributed by atoms with Crippen molar-refractivity contribution < 1.29 is 38.1 Å². The topological polar surface area (TPSA) is 121 Å². The van der Waals surface area contributed by atoms with E-state index >= 15 is 0 Å². The highest BCUT2D eigenvalue weighted by Gasteiger charge is 2.37. The van der Waals surface area contributed by atoms with Crippen LogP contribution in [0.25, 0.3) is 0 Å². The summed E-state index contributed by atoms with van der Waals surface area (Å²) < 4.78 is 28.5. The van der Waals surface area contributed by atoms with Gasteiger partial charge in [0.2, 0.25) is 0 Å². The van der Waals surface area contributed by atoms with Crippen LogP contribution in [0.2, 0.25) is 0 Å². The molecule has 1 aliphatic heterocycles. The Kier molecular flexibility index (Phi) is 13.6. The number of esters is 1. The molecular weight excluding hydrogens is 564 g/mol. The van der Waals surface area contributed by atoms with E-state index in [9.17, 15) is 14.4 Å². The summed E-state index contributed by atoms with van der Waals surface area (Å²) in [6.07, 6.45) is 0.480. The van der Waals surface area contributed by atoms with Gasteiger partial charge in [-0.05, 0) is 82.1 Å². The van der Waals surface area contributed by atoms with Gasteiger partial charge in [-0.15, -0.1) is 0 Å². The summed E-state index contributed by atoms with van der Waals surface area (Å²) in [6, 6.07) is 14.7. The zero-order chi connectivity index (χ0) is 32.1.